The van der Waals surface area contributed by atoms with Gasteiger partial charge in [-0.05, 0) is 45.5 Å². The zero-order valence-electron chi connectivity index (χ0n) is 11.0. The standard InChI is InChI=1S/C13H21N3O/c1-9(7-14-4)8-15-13(17)12-6-5-10(2)16-11(12)3/h5-6,9,14H,7-8H2,1-4H3,(H,15,17). The summed E-state index contributed by atoms with van der Waals surface area (Å²) >= 11 is 0. The number of hydrogen-bond acceptors (Lipinski definition) is 3. The molecule has 1 amide bonds. The minimum atomic E-state index is -0.0436. The average molecular weight is 235 g/mol. The first-order valence-corrected chi connectivity index (χ1v) is 5.91. The fraction of sp³-hybridized carbons (Fsp3) is 0.538. The van der Waals surface area contributed by atoms with Crippen LogP contribution >= 0.6 is 0 Å². The molecule has 0 aliphatic carbocycles. The van der Waals surface area contributed by atoms with Crippen molar-refractivity contribution in [2.24, 2.45) is 5.92 Å². The minimum Gasteiger partial charge on any atom is -0.352 e. The highest BCUT2D eigenvalue weighted by molar-refractivity contribution is 5.95. The first kappa shape index (κ1) is 13.6. The van der Waals surface area contributed by atoms with Crippen LogP contribution in [-0.4, -0.2) is 31.0 Å². The molecule has 0 spiro atoms. The van der Waals surface area contributed by atoms with Crippen molar-refractivity contribution >= 4 is 5.91 Å². The van der Waals surface area contributed by atoms with Gasteiger partial charge in [0, 0.05) is 12.2 Å². The van der Waals surface area contributed by atoms with Crippen molar-refractivity contribution in [1.82, 2.24) is 15.6 Å². The highest BCUT2D eigenvalue weighted by Crippen LogP contribution is 2.06. The summed E-state index contributed by atoms with van der Waals surface area (Å²) in [5.41, 5.74) is 2.37. The summed E-state index contributed by atoms with van der Waals surface area (Å²) in [5.74, 6) is 0.376. The summed E-state index contributed by atoms with van der Waals surface area (Å²) in [4.78, 5) is 16.2. The van der Waals surface area contributed by atoms with Gasteiger partial charge in [0.25, 0.3) is 5.91 Å². The zero-order valence-corrected chi connectivity index (χ0v) is 11.0. The number of aromatic nitrogens is 1. The van der Waals surface area contributed by atoms with Crippen molar-refractivity contribution in [2.75, 3.05) is 20.1 Å². The van der Waals surface area contributed by atoms with Crippen LogP contribution in [0.4, 0.5) is 0 Å². The van der Waals surface area contributed by atoms with Crippen LogP contribution in [0.3, 0.4) is 0 Å². The van der Waals surface area contributed by atoms with E-state index in [-0.39, 0.29) is 5.91 Å². The second kappa shape index (κ2) is 6.35. The number of nitrogens with one attached hydrogen (secondary N) is 2. The predicted octanol–water partition coefficient (Wildman–Crippen LogP) is 1.28. The van der Waals surface area contributed by atoms with Crippen molar-refractivity contribution < 1.29 is 4.79 Å². The van der Waals surface area contributed by atoms with Gasteiger partial charge in [0.05, 0.1) is 11.3 Å². The van der Waals surface area contributed by atoms with Gasteiger partial charge in [0.1, 0.15) is 0 Å². The van der Waals surface area contributed by atoms with Crippen LogP contribution < -0.4 is 10.6 Å². The Kier molecular flexibility index (Phi) is 5.10. The van der Waals surface area contributed by atoms with Gasteiger partial charge < -0.3 is 10.6 Å². The topological polar surface area (TPSA) is 54.0 Å². The van der Waals surface area contributed by atoms with Gasteiger partial charge in [-0.2, -0.15) is 0 Å². The molecule has 1 unspecified atom stereocenters. The minimum absolute atomic E-state index is 0.0436. The van der Waals surface area contributed by atoms with Gasteiger partial charge in [0.2, 0.25) is 0 Å². The number of carbonyl (C=O) groups excluding carboxylic acids is 1. The highest BCUT2D eigenvalue weighted by Gasteiger charge is 2.10. The lowest BCUT2D eigenvalue weighted by Gasteiger charge is -2.12. The number of rotatable bonds is 5. The van der Waals surface area contributed by atoms with Crippen molar-refractivity contribution in [3.8, 4) is 0 Å². The van der Waals surface area contributed by atoms with E-state index in [0.717, 1.165) is 17.9 Å². The molecule has 0 bridgehead atoms. The van der Waals surface area contributed by atoms with E-state index in [1.165, 1.54) is 0 Å². The van der Waals surface area contributed by atoms with Crippen molar-refractivity contribution in [2.45, 2.75) is 20.8 Å². The molecule has 0 saturated carbocycles. The first-order valence-electron chi connectivity index (χ1n) is 5.91. The molecule has 94 valence electrons. The molecule has 1 rings (SSSR count). The molecular weight excluding hydrogens is 214 g/mol. The van der Waals surface area contributed by atoms with Gasteiger partial charge >= 0.3 is 0 Å². The molecule has 0 aliphatic rings. The number of carbonyl (C=O) groups is 1. The van der Waals surface area contributed by atoms with E-state index >= 15 is 0 Å². The van der Waals surface area contributed by atoms with E-state index in [1.54, 1.807) is 0 Å². The van der Waals surface area contributed by atoms with Crippen LogP contribution in [0.5, 0.6) is 0 Å². The van der Waals surface area contributed by atoms with E-state index < -0.39 is 0 Å². The van der Waals surface area contributed by atoms with Gasteiger partial charge in [-0.15, -0.1) is 0 Å². The molecular formula is C13H21N3O. The number of amides is 1. The fourth-order valence-electron chi connectivity index (χ4n) is 1.71. The lowest BCUT2D eigenvalue weighted by molar-refractivity contribution is 0.0947. The molecule has 17 heavy (non-hydrogen) atoms. The smallest absolute Gasteiger partial charge is 0.253 e. The second-order valence-corrected chi connectivity index (χ2v) is 4.46. The molecule has 1 aromatic heterocycles. The van der Waals surface area contributed by atoms with Crippen molar-refractivity contribution in [1.29, 1.82) is 0 Å². The van der Waals surface area contributed by atoms with Gasteiger partial charge in [0.15, 0.2) is 0 Å². The Bertz CT molecular complexity index is 390. The highest BCUT2D eigenvalue weighted by atomic mass is 16.1. The Morgan fingerprint density at radius 1 is 1.35 bits per heavy atom. The Hall–Kier alpha value is -1.42. The Morgan fingerprint density at radius 3 is 2.65 bits per heavy atom. The van der Waals surface area contributed by atoms with Crippen LogP contribution in [0, 0.1) is 19.8 Å². The SMILES string of the molecule is CNCC(C)CNC(=O)c1ccc(C)nc1C. The van der Waals surface area contributed by atoms with Crippen LogP contribution in [0.25, 0.3) is 0 Å². The first-order chi connectivity index (χ1) is 8.04. The normalized spacial score (nSPS) is 12.2. The molecule has 4 nitrogen and oxygen atoms in total. The quantitative estimate of drug-likeness (QED) is 0.808. The Balaban J connectivity index is 2.58. The molecule has 1 atom stereocenters. The predicted molar refractivity (Wildman–Crippen MR) is 69.1 cm³/mol. The molecule has 0 fully saturated rings. The van der Waals surface area contributed by atoms with Crippen molar-refractivity contribution in [3.63, 3.8) is 0 Å². The molecule has 2 N–H and O–H groups in total. The molecule has 0 aliphatic heterocycles. The van der Waals surface area contributed by atoms with Gasteiger partial charge in [-0.25, -0.2) is 0 Å². The van der Waals surface area contributed by atoms with Crippen LogP contribution in [0.1, 0.15) is 28.7 Å². The summed E-state index contributed by atoms with van der Waals surface area (Å²) in [6, 6.07) is 3.69. The monoisotopic (exact) mass is 235 g/mol. The third-order valence-corrected chi connectivity index (χ3v) is 2.63. The Morgan fingerprint density at radius 2 is 2.06 bits per heavy atom. The lowest BCUT2D eigenvalue weighted by Crippen LogP contribution is -2.32. The van der Waals surface area contributed by atoms with Crippen molar-refractivity contribution in [3.05, 3.63) is 29.1 Å². The van der Waals surface area contributed by atoms with Crippen LogP contribution in [-0.2, 0) is 0 Å². The maximum absolute atomic E-state index is 11.9. The van der Waals surface area contributed by atoms with Gasteiger partial charge in [-0.1, -0.05) is 6.92 Å². The van der Waals surface area contributed by atoms with Gasteiger partial charge in [-0.3, -0.25) is 9.78 Å². The number of hydrogen-bond donors (Lipinski definition) is 2. The third-order valence-electron chi connectivity index (χ3n) is 2.63. The molecule has 0 saturated heterocycles. The van der Waals surface area contributed by atoms with E-state index in [0.29, 0.717) is 18.0 Å². The average Bonchev–Trinajstić information content (AvgIpc) is 2.26. The largest absolute Gasteiger partial charge is 0.352 e. The molecule has 1 aromatic rings. The second-order valence-electron chi connectivity index (χ2n) is 4.46. The molecule has 1 heterocycles. The third kappa shape index (κ3) is 4.15. The summed E-state index contributed by atoms with van der Waals surface area (Å²) in [6.07, 6.45) is 0. The molecule has 0 aromatic carbocycles. The summed E-state index contributed by atoms with van der Waals surface area (Å²) < 4.78 is 0. The lowest BCUT2D eigenvalue weighted by atomic mass is 10.1. The number of aryl methyl sites for hydroxylation is 2. The molecule has 4 heteroatoms. The number of nitrogens with zero attached hydrogens (tertiary/aromatic N) is 1. The fourth-order valence-corrected chi connectivity index (χ4v) is 1.71. The maximum atomic E-state index is 11.9. The summed E-state index contributed by atoms with van der Waals surface area (Å²) in [7, 11) is 1.91. The summed E-state index contributed by atoms with van der Waals surface area (Å²) in [5, 5.41) is 6.01. The summed E-state index contributed by atoms with van der Waals surface area (Å²) in [6.45, 7) is 7.44. The van der Waals surface area contributed by atoms with E-state index in [2.05, 4.69) is 22.5 Å². The van der Waals surface area contributed by atoms with E-state index in [4.69, 9.17) is 0 Å². The maximum Gasteiger partial charge on any atom is 0.253 e. The number of pyridine rings is 1. The molecule has 0 radical (unpaired) electrons. The van der Waals surface area contributed by atoms with E-state index in [1.807, 2.05) is 33.0 Å². The van der Waals surface area contributed by atoms with Crippen LogP contribution in [0.15, 0.2) is 12.1 Å². The van der Waals surface area contributed by atoms with E-state index in [9.17, 15) is 4.79 Å². The van der Waals surface area contributed by atoms with Crippen LogP contribution in [0.2, 0.25) is 0 Å². The Labute approximate surface area is 103 Å². The zero-order chi connectivity index (χ0) is 12.8.